The van der Waals surface area contributed by atoms with Crippen molar-refractivity contribution in [3.8, 4) is 0 Å². The molecule has 0 radical (unpaired) electrons. The van der Waals surface area contributed by atoms with E-state index in [2.05, 4.69) is 16.6 Å². The lowest BCUT2D eigenvalue weighted by Crippen LogP contribution is -2.26. The summed E-state index contributed by atoms with van der Waals surface area (Å²) in [5, 5.41) is 1.82. The van der Waals surface area contributed by atoms with Gasteiger partial charge in [-0.1, -0.05) is 26.2 Å². The highest BCUT2D eigenvalue weighted by Crippen LogP contribution is 2.22. The third kappa shape index (κ3) is 3.07. The molecule has 0 aromatic carbocycles. The summed E-state index contributed by atoms with van der Waals surface area (Å²) < 4.78 is 28.5. The Hall–Kier alpha value is -1.12. The Morgan fingerprint density at radius 1 is 1.42 bits per heavy atom. The maximum atomic E-state index is 12.2. The van der Waals surface area contributed by atoms with Crippen LogP contribution in [0.1, 0.15) is 32.6 Å². The van der Waals surface area contributed by atoms with Crippen molar-refractivity contribution in [3.63, 3.8) is 0 Å². The van der Waals surface area contributed by atoms with Crippen LogP contribution in [-0.4, -0.2) is 24.3 Å². The molecular formula is C11H18N4O2S2. The van der Waals surface area contributed by atoms with Gasteiger partial charge in [0.05, 0.1) is 0 Å². The molecule has 3 N–H and O–H groups in total. The van der Waals surface area contributed by atoms with E-state index in [4.69, 9.17) is 5.73 Å². The van der Waals surface area contributed by atoms with Gasteiger partial charge in [0.25, 0.3) is 10.0 Å². The maximum Gasteiger partial charge on any atom is 0.260 e. The van der Waals surface area contributed by atoms with Crippen LogP contribution in [0.2, 0.25) is 0 Å². The molecule has 0 saturated heterocycles. The number of hydrogen-bond donors (Lipinski definition) is 2. The monoisotopic (exact) mass is 302 g/mol. The zero-order chi connectivity index (χ0) is 13.9. The van der Waals surface area contributed by atoms with E-state index in [1.807, 2.05) is 0 Å². The average molecular weight is 302 g/mol. The molecule has 0 spiro atoms. The van der Waals surface area contributed by atoms with E-state index in [1.165, 1.54) is 15.7 Å². The Labute approximate surface area is 116 Å². The second-order valence-electron chi connectivity index (χ2n) is 4.32. The lowest BCUT2D eigenvalue weighted by Gasteiger charge is -2.06. The van der Waals surface area contributed by atoms with Crippen molar-refractivity contribution in [1.29, 1.82) is 0 Å². The van der Waals surface area contributed by atoms with Crippen molar-refractivity contribution >= 4 is 32.1 Å². The summed E-state index contributed by atoms with van der Waals surface area (Å²) in [6.45, 7) is 2.55. The predicted molar refractivity (Wildman–Crippen MR) is 76.8 cm³/mol. The Kier molecular flexibility index (Phi) is 4.43. The number of nitrogens with two attached hydrogens (primary N) is 1. The fourth-order valence-corrected chi connectivity index (χ4v) is 3.93. The van der Waals surface area contributed by atoms with E-state index < -0.39 is 10.0 Å². The molecule has 8 heteroatoms. The lowest BCUT2D eigenvalue weighted by molar-refractivity contribution is 0.569. The standard InChI is InChI=1S/C11H18N4O2S2/c1-2-3-4-5-6-13-19(16,17)10-9(12)14-11-15(10)7-8-18-11/h7-8,13H,2-6,12H2,1H3. The fourth-order valence-electron chi connectivity index (χ4n) is 1.88. The lowest BCUT2D eigenvalue weighted by atomic mass is 10.2. The first-order valence-electron chi connectivity index (χ1n) is 6.27. The summed E-state index contributed by atoms with van der Waals surface area (Å²) >= 11 is 1.35. The molecule has 0 atom stereocenters. The molecule has 6 nitrogen and oxygen atoms in total. The maximum absolute atomic E-state index is 12.2. The Balaban J connectivity index is 2.11. The Bertz CT molecular complexity index is 645. The van der Waals surface area contributed by atoms with Crippen LogP contribution in [0.3, 0.4) is 0 Å². The Morgan fingerprint density at radius 2 is 2.21 bits per heavy atom. The summed E-state index contributed by atoms with van der Waals surface area (Å²) in [6, 6.07) is 0. The molecule has 0 fully saturated rings. The van der Waals surface area contributed by atoms with Crippen LogP contribution in [0.5, 0.6) is 0 Å². The van der Waals surface area contributed by atoms with Gasteiger partial charge in [-0.25, -0.2) is 18.1 Å². The predicted octanol–water partition coefficient (Wildman–Crippen LogP) is 1.84. The highest BCUT2D eigenvalue weighted by Gasteiger charge is 2.23. The van der Waals surface area contributed by atoms with Crippen molar-refractivity contribution in [2.45, 2.75) is 37.6 Å². The topological polar surface area (TPSA) is 89.5 Å². The van der Waals surface area contributed by atoms with Gasteiger partial charge in [0.15, 0.2) is 15.8 Å². The second kappa shape index (κ2) is 5.89. The first-order chi connectivity index (χ1) is 9.06. The van der Waals surface area contributed by atoms with Gasteiger partial charge in [-0.2, -0.15) is 0 Å². The van der Waals surface area contributed by atoms with Gasteiger partial charge in [-0.3, -0.25) is 4.40 Å². The van der Waals surface area contributed by atoms with E-state index in [0.29, 0.717) is 11.5 Å². The van der Waals surface area contributed by atoms with Crippen LogP contribution in [0.25, 0.3) is 4.96 Å². The highest BCUT2D eigenvalue weighted by atomic mass is 32.2. The SMILES string of the molecule is CCCCCCNS(=O)(=O)c1c(N)nc2sccn12. The van der Waals surface area contributed by atoms with Gasteiger partial charge in [0.2, 0.25) is 0 Å². The third-order valence-corrected chi connectivity index (χ3v) is 5.08. The quantitative estimate of drug-likeness (QED) is 0.764. The summed E-state index contributed by atoms with van der Waals surface area (Å²) in [7, 11) is -3.60. The zero-order valence-electron chi connectivity index (χ0n) is 10.8. The molecule has 2 rings (SSSR count). The molecule has 2 heterocycles. The highest BCUT2D eigenvalue weighted by molar-refractivity contribution is 7.89. The number of anilines is 1. The van der Waals surface area contributed by atoms with Crippen LogP contribution in [0.4, 0.5) is 5.82 Å². The van der Waals surface area contributed by atoms with E-state index in [1.54, 1.807) is 11.6 Å². The number of sulfonamides is 1. The molecule has 2 aromatic heterocycles. The minimum Gasteiger partial charge on any atom is -0.381 e. The number of imidazole rings is 1. The van der Waals surface area contributed by atoms with Crippen LogP contribution < -0.4 is 10.5 Å². The van der Waals surface area contributed by atoms with E-state index >= 15 is 0 Å². The Morgan fingerprint density at radius 3 is 2.95 bits per heavy atom. The zero-order valence-corrected chi connectivity index (χ0v) is 12.4. The molecule has 2 aromatic rings. The van der Waals surface area contributed by atoms with Crippen molar-refractivity contribution in [3.05, 3.63) is 11.6 Å². The van der Waals surface area contributed by atoms with Crippen LogP contribution in [0.15, 0.2) is 16.6 Å². The van der Waals surface area contributed by atoms with Crippen molar-refractivity contribution in [2.24, 2.45) is 0 Å². The van der Waals surface area contributed by atoms with E-state index in [-0.39, 0.29) is 10.8 Å². The van der Waals surface area contributed by atoms with Gasteiger partial charge < -0.3 is 5.73 Å². The number of thiazole rings is 1. The van der Waals surface area contributed by atoms with Crippen LogP contribution in [0, 0.1) is 0 Å². The number of hydrogen-bond acceptors (Lipinski definition) is 5. The summed E-state index contributed by atoms with van der Waals surface area (Å²) in [5.74, 6) is 0.0490. The second-order valence-corrected chi connectivity index (χ2v) is 6.87. The van der Waals surface area contributed by atoms with Gasteiger partial charge in [0.1, 0.15) is 0 Å². The number of unbranched alkanes of at least 4 members (excludes halogenated alkanes) is 3. The molecule has 0 aliphatic rings. The summed E-state index contributed by atoms with van der Waals surface area (Å²) in [5.41, 5.74) is 5.69. The number of rotatable bonds is 7. The first-order valence-corrected chi connectivity index (χ1v) is 8.63. The molecule has 0 amide bonds. The van der Waals surface area contributed by atoms with Gasteiger partial charge >= 0.3 is 0 Å². The number of nitrogens with one attached hydrogen (secondary N) is 1. The van der Waals surface area contributed by atoms with Crippen molar-refractivity contribution in [1.82, 2.24) is 14.1 Å². The molecular weight excluding hydrogens is 284 g/mol. The molecule has 0 unspecified atom stereocenters. The van der Waals surface area contributed by atoms with Gasteiger partial charge in [-0.05, 0) is 6.42 Å². The molecule has 19 heavy (non-hydrogen) atoms. The molecule has 0 aliphatic heterocycles. The van der Waals surface area contributed by atoms with E-state index in [0.717, 1.165) is 25.7 Å². The number of nitrogen functional groups attached to an aromatic ring is 1. The van der Waals surface area contributed by atoms with Crippen molar-refractivity contribution < 1.29 is 8.42 Å². The summed E-state index contributed by atoms with van der Waals surface area (Å²) in [6.07, 6.45) is 5.76. The van der Waals surface area contributed by atoms with Crippen LogP contribution >= 0.6 is 11.3 Å². The van der Waals surface area contributed by atoms with E-state index in [9.17, 15) is 8.42 Å². The third-order valence-electron chi connectivity index (χ3n) is 2.82. The number of nitrogens with zero attached hydrogens (tertiary/aromatic N) is 2. The largest absolute Gasteiger partial charge is 0.381 e. The first kappa shape index (κ1) is 14.3. The normalized spacial score (nSPS) is 12.3. The molecule has 0 aliphatic carbocycles. The molecule has 0 bridgehead atoms. The molecule has 0 saturated carbocycles. The van der Waals surface area contributed by atoms with Crippen LogP contribution in [-0.2, 0) is 10.0 Å². The van der Waals surface area contributed by atoms with Gasteiger partial charge in [0, 0.05) is 18.1 Å². The smallest absolute Gasteiger partial charge is 0.260 e. The minimum absolute atomic E-state index is 0.0410. The number of fused-ring (bicyclic) bond motifs is 1. The van der Waals surface area contributed by atoms with Gasteiger partial charge in [-0.15, -0.1) is 11.3 Å². The molecule has 106 valence electrons. The summed E-state index contributed by atoms with van der Waals surface area (Å²) in [4.78, 5) is 4.62. The fraction of sp³-hybridized carbons (Fsp3) is 0.545. The average Bonchev–Trinajstić information content (AvgIpc) is 2.87. The van der Waals surface area contributed by atoms with Crippen molar-refractivity contribution in [2.75, 3.05) is 12.3 Å². The minimum atomic E-state index is -3.60. The number of aromatic nitrogens is 2.